The Balaban J connectivity index is 1.47. The fraction of sp³-hybridized carbons (Fsp3) is 0.160. The highest BCUT2D eigenvalue weighted by molar-refractivity contribution is 6.30. The van der Waals surface area contributed by atoms with Crippen molar-refractivity contribution in [3.63, 3.8) is 0 Å². The summed E-state index contributed by atoms with van der Waals surface area (Å²) in [4.78, 5) is 12.6. The molecule has 158 valence electrons. The van der Waals surface area contributed by atoms with Crippen LogP contribution in [0.3, 0.4) is 0 Å². The zero-order valence-corrected chi connectivity index (χ0v) is 17.7. The Labute approximate surface area is 185 Å². The summed E-state index contributed by atoms with van der Waals surface area (Å²) in [7, 11) is 1.61. The molecule has 0 fully saturated rings. The third-order valence-electron chi connectivity index (χ3n) is 4.77. The normalized spacial score (nSPS) is 12.6. The van der Waals surface area contributed by atoms with E-state index in [-0.39, 0.29) is 5.78 Å². The van der Waals surface area contributed by atoms with Crippen molar-refractivity contribution in [3.05, 3.63) is 88.5 Å². The van der Waals surface area contributed by atoms with Crippen LogP contribution in [0.25, 0.3) is 6.08 Å². The molecular formula is C25H21ClO5. The lowest BCUT2D eigenvalue weighted by molar-refractivity contribution is 0.104. The highest BCUT2D eigenvalue weighted by Gasteiger charge is 2.14. The molecule has 0 N–H and O–H groups in total. The van der Waals surface area contributed by atoms with Crippen LogP contribution in [0.15, 0.2) is 66.7 Å². The number of ketones is 1. The molecule has 1 heterocycles. The van der Waals surface area contributed by atoms with Crippen molar-refractivity contribution in [3.8, 4) is 23.0 Å². The molecule has 0 aliphatic carbocycles. The lowest BCUT2D eigenvalue weighted by Gasteiger charge is -2.18. The summed E-state index contributed by atoms with van der Waals surface area (Å²) in [6.45, 7) is 1.32. The first kappa shape index (κ1) is 20.8. The fourth-order valence-electron chi connectivity index (χ4n) is 3.17. The zero-order chi connectivity index (χ0) is 21.6. The molecule has 0 saturated carbocycles. The molecule has 0 amide bonds. The number of methoxy groups -OCH3 is 1. The van der Waals surface area contributed by atoms with E-state index in [1.165, 1.54) is 6.08 Å². The number of carbonyl (C=O) groups excluding carboxylic acids is 1. The summed E-state index contributed by atoms with van der Waals surface area (Å²) < 4.78 is 22.3. The topological polar surface area (TPSA) is 54.0 Å². The molecular weight excluding hydrogens is 416 g/mol. The van der Waals surface area contributed by atoms with E-state index in [9.17, 15) is 4.79 Å². The van der Waals surface area contributed by atoms with Crippen LogP contribution in [0.5, 0.6) is 23.0 Å². The lowest BCUT2D eigenvalue weighted by atomic mass is 10.1. The van der Waals surface area contributed by atoms with E-state index in [0.29, 0.717) is 53.4 Å². The SMILES string of the molecule is COc1ccc(/C=C/C(=O)c2ccc3c(c2)OCCO3)cc1COc1ccc(Cl)cc1. The summed E-state index contributed by atoms with van der Waals surface area (Å²) in [5, 5.41) is 0.653. The van der Waals surface area contributed by atoms with E-state index in [1.807, 2.05) is 30.3 Å². The average molecular weight is 437 g/mol. The number of allylic oxidation sites excluding steroid dienone is 1. The summed E-state index contributed by atoms with van der Waals surface area (Å²) in [5.41, 5.74) is 2.27. The van der Waals surface area contributed by atoms with Crippen LogP contribution >= 0.6 is 11.6 Å². The minimum Gasteiger partial charge on any atom is -0.496 e. The average Bonchev–Trinajstić information content (AvgIpc) is 2.82. The molecule has 0 saturated heterocycles. The number of hydrogen-bond acceptors (Lipinski definition) is 5. The predicted octanol–water partition coefficient (Wildman–Crippen LogP) is 5.59. The molecule has 0 spiro atoms. The second-order valence-electron chi connectivity index (χ2n) is 6.87. The molecule has 0 atom stereocenters. The summed E-state index contributed by atoms with van der Waals surface area (Å²) in [5.74, 6) is 2.56. The Hall–Kier alpha value is -3.44. The van der Waals surface area contributed by atoms with Gasteiger partial charge in [0, 0.05) is 16.1 Å². The minimum atomic E-state index is -0.119. The number of ether oxygens (including phenoxy) is 4. The fourth-order valence-corrected chi connectivity index (χ4v) is 3.30. The van der Waals surface area contributed by atoms with Gasteiger partial charge < -0.3 is 18.9 Å². The van der Waals surface area contributed by atoms with Crippen LogP contribution < -0.4 is 18.9 Å². The van der Waals surface area contributed by atoms with Crippen molar-refractivity contribution in [1.82, 2.24) is 0 Å². The summed E-state index contributed by atoms with van der Waals surface area (Å²) in [6, 6.07) is 18.0. The van der Waals surface area contributed by atoms with Crippen molar-refractivity contribution >= 4 is 23.5 Å². The standard InChI is InChI=1S/C25H21ClO5/c1-28-23-10-3-17(14-19(23)16-31-21-7-5-20(26)6-8-21)2-9-22(27)18-4-11-24-25(15-18)30-13-12-29-24/h2-11,14-15H,12-13,16H2,1H3/b9-2+. The molecule has 0 aromatic heterocycles. The maximum absolute atomic E-state index is 12.6. The van der Waals surface area contributed by atoms with E-state index in [4.69, 9.17) is 30.5 Å². The van der Waals surface area contributed by atoms with Crippen LogP contribution in [0.1, 0.15) is 21.5 Å². The molecule has 6 heteroatoms. The van der Waals surface area contributed by atoms with Gasteiger partial charge in [0.1, 0.15) is 31.3 Å². The minimum absolute atomic E-state index is 0.119. The first-order chi connectivity index (χ1) is 15.1. The molecule has 5 nitrogen and oxygen atoms in total. The first-order valence-corrected chi connectivity index (χ1v) is 10.2. The Morgan fingerprint density at radius 2 is 1.77 bits per heavy atom. The van der Waals surface area contributed by atoms with Gasteiger partial charge in [0.15, 0.2) is 17.3 Å². The molecule has 0 radical (unpaired) electrons. The number of halogens is 1. The highest BCUT2D eigenvalue weighted by Crippen LogP contribution is 2.31. The molecule has 1 aliphatic rings. The quantitative estimate of drug-likeness (QED) is 0.356. The van der Waals surface area contributed by atoms with Gasteiger partial charge in [-0.15, -0.1) is 0 Å². The van der Waals surface area contributed by atoms with Crippen molar-refractivity contribution < 1.29 is 23.7 Å². The van der Waals surface area contributed by atoms with Crippen molar-refractivity contribution in [1.29, 1.82) is 0 Å². The third kappa shape index (κ3) is 5.19. The van der Waals surface area contributed by atoms with Gasteiger partial charge in [0.2, 0.25) is 0 Å². The Bertz CT molecular complexity index is 1110. The maximum atomic E-state index is 12.6. The van der Waals surface area contributed by atoms with Crippen LogP contribution in [0.4, 0.5) is 0 Å². The van der Waals surface area contributed by atoms with Gasteiger partial charge in [-0.1, -0.05) is 23.7 Å². The zero-order valence-electron chi connectivity index (χ0n) is 17.0. The largest absolute Gasteiger partial charge is 0.496 e. The van der Waals surface area contributed by atoms with Gasteiger partial charge in [0.05, 0.1) is 7.11 Å². The van der Waals surface area contributed by atoms with E-state index in [1.54, 1.807) is 43.5 Å². The van der Waals surface area contributed by atoms with Gasteiger partial charge >= 0.3 is 0 Å². The highest BCUT2D eigenvalue weighted by atomic mass is 35.5. The monoisotopic (exact) mass is 436 g/mol. The Kier molecular flexibility index (Phi) is 6.43. The van der Waals surface area contributed by atoms with Gasteiger partial charge in [-0.2, -0.15) is 0 Å². The van der Waals surface area contributed by atoms with Crippen LogP contribution in [-0.2, 0) is 6.61 Å². The molecule has 3 aromatic rings. The van der Waals surface area contributed by atoms with Gasteiger partial charge in [-0.05, 0) is 66.2 Å². The second kappa shape index (κ2) is 9.58. The van der Waals surface area contributed by atoms with Gasteiger partial charge in [0.25, 0.3) is 0 Å². The van der Waals surface area contributed by atoms with Crippen molar-refractivity contribution in [2.24, 2.45) is 0 Å². The lowest BCUT2D eigenvalue weighted by Crippen LogP contribution is -2.15. The number of carbonyl (C=O) groups is 1. The van der Waals surface area contributed by atoms with Crippen molar-refractivity contribution in [2.75, 3.05) is 20.3 Å². The molecule has 3 aromatic carbocycles. The number of hydrogen-bond donors (Lipinski definition) is 0. The van der Waals surface area contributed by atoms with Crippen LogP contribution in [0, 0.1) is 0 Å². The Morgan fingerprint density at radius 3 is 2.55 bits per heavy atom. The molecule has 0 bridgehead atoms. The molecule has 1 aliphatic heterocycles. The number of benzene rings is 3. The number of fused-ring (bicyclic) bond motifs is 1. The summed E-state index contributed by atoms with van der Waals surface area (Å²) in [6.07, 6.45) is 3.31. The van der Waals surface area contributed by atoms with Crippen molar-refractivity contribution in [2.45, 2.75) is 6.61 Å². The third-order valence-corrected chi connectivity index (χ3v) is 5.02. The maximum Gasteiger partial charge on any atom is 0.185 e. The predicted molar refractivity (Wildman–Crippen MR) is 120 cm³/mol. The van der Waals surface area contributed by atoms with Gasteiger partial charge in [-0.25, -0.2) is 0 Å². The van der Waals surface area contributed by atoms with E-state index in [2.05, 4.69) is 0 Å². The van der Waals surface area contributed by atoms with E-state index < -0.39 is 0 Å². The van der Waals surface area contributed by atoms with Crippen LogP contribution in [0.2, 0.25) is 5.02 Å². The molecule has 0 unspecified atom stereocenters. The second-order valence-corrected chi connectivity index (χ2v) is 7.31. The van der Waals surface area contributed by atoms with E-state index in [0.717, 1.165) is 11.1 Å². The first-order valence-electron chi connectivity index (χ1n) is 9.80. The van der Waals surface area contributed by atoms with E-state index >= 15 is 0 Å². The smallest absolute Gasteiger partial charge is 0.185 e. The van der Waals surface area contributed by atoms with Crippen LogP contribution in [-0.4, -0.2) is 26.1 Å². The van der Waals surface area contributed by atoms with Gasteiger partial charge in [-0.3, -0.25) is 4.79 Å². The molecule has 31 heavy (non-hydrogen) atoms. The molecule has 4 rings (SSSR count). The Morgan fingerprint density at radius 1 is 1.00 bits per heavy atom. The summed E-state index contributed by atoms with van der Waals surface area (Å²) >= 11 is 5.91. The number of rotatable bonds is 7.